The molecule has 0 aliphatic rings. The molecule has 6 heteroatoms. The minimum atomic E-state index is -1.18. The molecular weight excluding hydrogens is 350 g/mol. The van der Waals surface area contributed by atoms with Gasteiger partial charge in [0.05, 0.1) is 5.92 Å². The van der Waals surface area contributed by atoms with Crippen LogP contribution >= 0.6 is 11.3 Å². The van der Waals surface area contributed by atoms with Crippen molar-refractivity contribution in [2.75, 3.05) is 0 Å². The molecule has 0 spiro atoms. The van der Waals surface area contributed by atoms with Crippen molar-refractivity contribution in [3.63, 3.8) is 0 Å². The van der Waals surface area contributed by atoms with E-state index in [4.69, 9.17) is 10.8 Å². The molecule has 0 amide bonds. The Hall–Kier alpha value is -2.70. The van der Waals surface area contributed by atoms with Gasteiger partial charge in [-0.15, -0.1) is 11.3 Å². The van der Waals surface area contributed by atoms with Crippen molar-refractivity contribution in [3.8, 4) is 10.4 Å². The highest BCUT2D eigenvalue weighted by Gasteiger charge is 2.24. The van der Waals surface area contributed by atoms with Gasteiger partial charge in [0.1, 0.15) is 6.04 Å². The van der Waals surface area contributed by atoms with E-state index in [-0.39, 0.29) is 12.8 Å². The summed E-state index contributed by atoms with van der Waals surface area (Å²) < 4.78 is 1.20. The highest BCUT2D eigenvalue weighted by molar-refractivity contribution is 7.22. The standard InChI is InChI=1S/C20H19NO4S/c21-16(20(24)25)10-15(19(22)23)9-12-4-3-6-13(8-12)18-11-14-5-1-2-7-17(14)26-18/h1-8,11,15-16H,9-10,21H2,(H,22,23)(H,24,25)/t15-,16+/m0/s1. The fourth-order valence-corrected chi connectivity index (χ4v) is 4.00. The zero-order chi connectivity index (χ0) is 18.7. The van der Waals surface area contributed by atoms with Crippen molar-refractivity contribution in [1.82, 2.24) is 0 Å². The van der Waals surface area contributed by atoms with E-state index in [1.807, 2.05) is 36.4 Å². The summed E-state index contributed by atoms with van der Waals surface area (Å²) in [6, 6.07) is 16.8. The van der Waals surface area contributed by atoms with Crippen LogP contribution in [0, 0.1) is 5.92 Å². The quantitative estimate of drug-likeness (QED) is 0.591. The summed E-state index contributed by atoms with van der Waals surface area (Å²) >= 11 is 1.68. The topological polar surface area (TPSA) is 101 Å². The van der Waals surface area contributed by atoms with E-state index < -0.39 is 23.9 Å². The lowest BCUT2D eigenvalue weighted by atomic mass is 9.92. The van der Waals surface area contributed by atoms with E-state index >= 15 is 0 Å². The molecule has 0 saturated heterocycles. The Morgan fingerprint density at radius 3 is 2.46 bits per heavy atom. The van der Waals surface area contributed by atoms with Gasteiger partial charge in [0.25, 0.3) is 0 Å². The van der Waals surface area contributed by atoms with Crippen LogP contribution in [-0.2, 0) is 16.0 Å². The molecule has 0 unspecified atom stereocenters. The van der Waals surface area contributed by atoms with Crippen LogP contribution in [0.15, 0.2) is 54.6 Å². The second kappa shape index (κ2) is 7.68. The number of hydrogen-bond donors (Lipinski definition) is 3. The molecule has 1 heterocycles. The van der Waals surface area contributed by atoms with Crippen molar-refractivity contribution < 1.29 is 19.8 Å². The van der Waals surface area contributed by atoms with Gasteiger partial charge in [-0.25, -0.2) is 0 Å². The van der Waals surface area contributed by atoms with E-state index in [9.17, 15) is 14.7 Å². The number of carbonyl (C=O) groups is 2. The van der Waals surface area contributed by atoms with E-state index in [1.165, 1.54) is 10.1 Å². The number of thiophene rings is 1. The molecule has 0 saturated carbocycles. The van der Waals surface area contributed by atoms with E-state index in [2.05, 4.69) is 18.2 Å². The smallest absolute Gasteiger partial charge is 0.320 e. The lowest BCUT2D eigenvalue weighted by Crippen LogP contribution is -2.35. The first-order valence-corrected chi connectivity index (χ1v) is 9.05. The first-order valence-electron chi connectivity index (χ1n) is 8.23. The van der Waals surface area contributed by atoms with Gasteiger partial charge in [-0.1, -0.05) is 42.5 Å². The Kier molecular flexibility index (Phi) is 5.35. The minimum absolute atomic E-state index is 0.0994. The monoisotopic (exact) mass is 369 g/mol. The van der Waals surface area contributed by atoms with E-state index in [0.717, 1.165) is 16.0 Å². The molecule has 0 aliphatic carbocycles. The number of nitrogens with two attached hydrogens (primary N) is 1. The Bertz CT molecular complexity index is 917. The maximum absolute atomic E-state index is 11.5. The maximum atomic E-state index is 11.5. The molecule has 26 heavy (non-hydrogen) atoms. The Labute approximate surface area is 154 Å². The van der Waals surface area contributed by atoms with Gasteiger partial charge in [-0.05, 0) is 41.5 Å². The van der Waals surface area contributed by atoms with Crippen LogP contribution in [0.2, 0.25) is 0 Å². The predicted octanol–water partition coefficient (Wildman–Crippen LogP) is 3.61. The Balaban J connectivity index is 1.83. The number of aliphatic carboxylic acids is 2. The molecule has 5 nitrogen and oxygen atoms in total. The highest BCUT2D eigenvalue weighted by atomic mass is 32.1. The summed E-state index contributed by atoms with van der Waals surface area (Å²) in [5, 5.41) is 19.5. The number of benzene rings is 2. The minimum Gasteiger partial charge on any atom is -0.481 e. The van der Waals surface area contributed by atoms with Crippen molar-refractivity contribution in [1.29, 1.82) is 0 Å². The number of fused-ring (bicyclic) bond motifs is 1. The van der Waals surface area contributed by atoms with Crippen molar-refractivity contribution >= 4 is 33.4 Å². The normalized spacial score (nSPS) is 13.4. The molecule has 134 valence electrons. The number of carboxylic acid groups (broad SMARTS) is 2. The van der Waals surface area contributed by atoms with Crippen molar-refractivity contribution in [2.24, 2.45) is 11.7 Å². The molecule has 3 rings (SSSR count). The van der Waals surface area contributed by atoms with Gasteiger partial charge in [0.15, 0.2) is 0 Å². The largest absolute Gasteiger partial charge is 0.481 e. The number of hydrogen-bond acceptors (Lipinski definition) is 4. The first-order chi connectivity index (χ1) is 12.4. The van der Waals surface area contributed by atoms with Gasteiger partial charge in [-0.2, -0.15) is 0 Å². The van der Waals surface area contributed by atoms with E-state index in [0.29, 0.717) is 0 Å². The third-order valence-corrected chi connectivity index (χ3v) is 5.49. The van der Waals surface area contributed by atoms with Gasteiger partial charge in [0, 0.05) is 9.58 Å². The third-order valence-electron chi connectivity index (χ3n) is 4.32. The second-order valence-corrected chi connectivity index (χ2v) is 7.35. The molecule has 3 aromatic rings. The van der Waals surface area contributed by atoms with Crippen molar-refractivity contribution in [2.45, 2.75) is 18.9 Å². The van der Waals surface area contributed by atoms with Gasteiger partial charge in [0.2, 0.25) is 0 Å². The fraction of sp³-hybridized carbons (Fsp3) is 0.200. The molecule has 1 aromatic heterocycles. The van der Waals surface area contributed by atoms with Crippen LogP contribution in [0.5, 0.6) is 0 Å². The number of carboxylic acids is 2. The summed E-state index contributed by atoms with van der Waals surface area (Å²) in [7, 11) is 0. The molecule has 2 atom stereocenters. The van der Waals surface area contributed by atoms with Crippen LogP contribution in [-0.4, -0.2) is 28.2 Å². The fourth-order valence-electron chi connectivity index (χ4n) is 2.94. The molecule has 2 aromatic carbocycles. The summed E-state index contributed by atoms with van der Waals surface area (Å²) in [6.07, 6.45) is 0.146. The summed E-state index contributed by atoms with van der Waals surface area (Å²) in [5.41, 5.74) is 7.39. The SMILES string of the molecule is N[C@H](C[C@H](Cc1cccc(-c2cc3ccccc3s2)c1)C(=O)O)C(=O)O. The lowest BCUT2D eigenvalue weighted by Gasteiger charge is -2.15. The summed E-state index contributed by atoms with van der Waals surface area (Å²) in [4.78, 5) is 23.5. The van der Waals surface area contributed by atoms with Crippen LogP contribution in [0.3, 0.4) is 0 Å². The second-order valence-electron chi connectivity index (χ2n) is 6.27. The van der Waals surface area contributed by atoms with Crippen LogP contribution < -0.4 is 5.73 Å². The zero-order valence-electron chi connectivity index (χ0n) is 14.0. The summed E-state index contributed by atoms with van der Waals surface area (Å²) in [5.74, 6) is -3.05. The Morgan fingerprint density at radius 1 is 1.00 bits per heavy atom. The highest BCUT2D eigenvalue weighted by Crippen LogP contribution is 2.34. The third kappa shape index (κ3) is 4.09. The zero-order valence-corrected chi connectivity index (χ0v) is 14.8. The number of rotatable bonds is 7. The van der Waals surface area contributed by atoms with E-state index in [1.54, 1.807) is 11.3 Å². The molecule has 4 N–H and O–H groups in total. The van der Waals surface area contributed by atoms with Gasteiger partial charge in [-0.3, -0.25) is 9.59 Å². The molecular formula is C20H19NO4S. The average Bonchev–Trinajstić information content (AvgIpc) is 3.05. The van der Waals surface area contributed by atoms with Crippen LogP contribution in [0.25, 0.3) is 20.5 Å². The summed E-state index contributed by atoms with van der Waals surface area (Å²) in [6.45, 7) is 0. The van der Waals surface area contributed by atoms with Gasteiger partial charge >= 0.3 is 11.9 Å². The maximum Gasteiger partial charge on any atom is 0.320 e. The molecule has 0 bridgehead atoms. The van der Waals surface area contributed by atoms with Crippen molar-refractivity contribution in [3.05, 3.63) is 60.2 Å². The molecule has 0 aliphatic heterocycles. The average molecular weight is 369 g/mol. The van der Waals surface area contributed by atoms with Crippen LogP contribution in [0.4, 0.5) is 0 Å². The molecule has 0 fully saturated rings. The first kappa shape index (κ1) is 18.1. The molecule has 0 radical (unpaired) electrons. The van der Waals surface area contributed by atoms with Crippen LogP contribution in [0.1, 0.15) is 12.0 Å². The Morgan fingerprint density at radius 2 is 1.77 bits per heavy atom. The van der Waals surface area contributed by atoms with Gasteiger partial charge < -0.3 is 15.9 Å². The predicted molar refractivity (Wildman–Crippen MR) is 102 cm³/mol. The lowest BCUT2D eigenvalue weighted by molar-refractivity contribution is -0.143.